The smallest absolute Gasteiger partial charge is 0.195 e. The number of aromatic nitrogens is 1. The highest BCUT2D eigenvalue weighted by Gasteiger charge is 2.19. The van der Waals surface area contributed by atoms with Crippen LogP contribution in [0.15, 0.2) is 36.7 Å². The van der Waals surface area contributed by atoms with Gasteiger partial charge in [-0.25, -0.2) is 0 Å². The van der Waals surface area contributed by atoms with Gasteiger partial charge < -0.3 is 5.32 Å². The highest BCUT2D eigenvalue weighted by Crippen LogP contribution is 2.22. The molecule has 0 aliphatic carbocycles. The van der Waals surface area contributed by atoms with Gasteiger partial charge in [0.25, 0.3) is 0 Å². The molecule has 96 valence electrons. The summed E-state index contributed by atoms with van der Waals surface area (Å²) in [5.74, 6) is 0.0874. The van der Waals surface area contributed by atoms with E-state index in [-0.39, 0.29) is 5.78 Å². The summed E-state index contributed by atoms with van der Waals surface area (Å²) in [5, 5.41) is 3.33. The fourth-order valence-electron chi connectivity index (χ4n) is 2.59. The predicted molar refractivity (Wildman–Crippen MR) is 74.3 cm³/mol. The quantitative estimate of drug-likeness (QED) is 0.834. The zero-order valence-electron chi connectivity index (χ0n) is 10.9. The molecule has 1 aromatic heterocycles. The standard InChI is InChI=1S/C16H16N2O/c1-11-5-7-18-10-15(11)16(19)14-4-2-3-12-9-17-8-6-13(12)14/h2-5,7,10,17H,6,8-9H2,1H3. The van der Waals surface area contributed by atoms with Crippen molar-refractivity contribution in [2.45, 2.75) is 19.9 Å². The lowest BCUT2D eigenvalue weighted by Gasteiger charge is -2.20. The molecule has 3 heteroatoms. The van der Waals surface area contributed by atoms with Crippen LogP contribution >= 0.6 is 0 Å². The molecular formula is C16H16N2O. The lowest BCUT2D eigenvalue weighted by atomic mass is 9.90. The van der Waals surface area contributed by atoms with E-state index in [1.807, 2.05) is 25.1 Å². The van der Waals surface area contributed by atoms with E-state index in [2.05, 4.69) is 16.4 Å². The first-order valence-electron chi connectivity index (χ1n) is 6.54. The van der Waals surface area contributed by atoms with Gasteiger partial charge in [-0.3, -0.25) is 9.78 Å². The van der Waals surface area contributed by atoms with Gasteiger partial charge in [-0.15, -0.1) is 0 Å². The van der Waals surface area contributed by atoms with Crippen LogP contribution in [0.25, 0.3) is 0 Å². The first kappa shape index (κ1) is 12.1. The number of pyridine rings is 1. The zero-order valence-corrected chi connectivity index (χ0v) is 10.9. The number of ketones is 1. The van der Waals surface area contributed by atoms with Crippen molar-refractivity contribution in [1.82, 2.24) is 10.3 Å². The normalized spacial score (nSPS) is 13.9. The van der Waals surface area contributed by atoms with Crippen molar-refractivity contribution in [3.63, 3.8) is 0 Å². The summed E-state index contributed by atoms with van der Waals surface area (Å²) in [6, 6.07) is 7.86. The Labute approximate surface area is 112 Å². The van der Waals surface area contributed by atoms with Gasteiger partial charge in [-0.1, -0.05) is 18.2 Å². The van der Waals surface area contributed by atoms with Gasteiger partial charge in [0.1, 0.15) is 0 Å². The Kier molecular flexibility index (Phi) is 3.13. The lowest BCUT2D eigenvalue weighted by Crippen LogP contribution is -2.25. The third kappa shape index (κ3) is 2.17. The molecule has 0 unspecified atom stereocenters. The number of fused-ring (bicyclic) bond motifs is 1. The van der Waals surface area contributed by atoms with E-state index < -0.39 is 0 Å². The van der Waals surface area contributed by atoms with Gasteiger partial charge in [-0.2, -0.15) is 0 Å². The molecule has 1 aliphatic rings. The minimum absolute atomic E-state index is 0.0874. The largest absolute Gasteiger partial charge is 0.312 e. The summed E-state index contributed by atoms with van der Waals surface area (Å²) >= 11 is 0. The van der Waals surface area contributed by atoms with E-state index in [1.165, 1.54) is 11.1 Å². The van der Waals surface area contributed by atoms with Crippen molar-refractivity contribution >= 4 is 5.78 Å². The Morgan fingerprint density at radius 3 is 3.00 bits per heavy atom. The Bertz CT molecular complexity index is 634. The number of carbonyl (C=O) groups excluding carboxylic acids is 1. The van der Waals surface area contributed by atoms with Crippen LogP contribution < -0.4 is 5.32 Å². The minimum atomic E-state index is 0.0874. The Hall–Kier alpha value is -2.00. The average Bonchev–Trinajstić information content (AvgIpc) is 2.46. The third-order valence-corrected chi connectivity index (χ3v) is 3.67. The molecule has 0 fully saturated rings. The van der Waals surface area contributed by atoms with E-state index in [4.69, 9.17) is 0 Å². The van der Waals surface area contributed by atoms with Crippen molar-refractivity contribution in [3.05, 3.63) is 64.5 Å². The summed E-state index contributed by atoms with van der Waals surface area (Å²) in [4.78, 5) is 16.7. The van der Waals surface area contributed by atoms with Crippen molar-refractivity contribution in [2.75, 3.05) is 6.54 Å². The molecule has 0 spiro atoms. The average molecular weight is 252 g/mol. The molecule has 0 saturated carbocycles. The highest BCUT2D eigenvalue weighted by molar-refractivity contribution is 6.10. The first-order chi connectivity index (χ1) is 9.27. The number of nitrogens with one attached hydrogen (secondary N) is 1. The molecular weight excluding hydrogens is 236 g/mol. The topological polar surface area (TPSA) is 42.0 Å². The van der Waals surface area contributed by atoms with Crippen LogP contribution in [0.5, 0.6) is 0 Å². The van der Waals surface area contributed by atoms with Gasteiger partial charge in [0.05, 0.1) is 0 Å². The molecule has 0 radical (unpaired) electrons. The Morgan fingerprint density at radius 2 is 2.16 bits per heavy atom. The number of benzene rings is 1. The van der Waals surface area contributed by atoms with Crippen LogP contribution in [0.1, 0.15) is 32.6 Å². The number of hydrogen-bond donors (Lipinski definition) is 1. The Morgan fingerprint density at radius 1 is 1.26 bits per heavy atom. The fourth-order valence-corrected chi connectivity index (χ4v) is 2.59. The van der Waals surface area contributed by atoms with E-state index in [9.17, 15) is 4.79 Å². The van der Waals surface area contributed by atoms with Crippen molar-refractivity contribution in [2.24, 2.45) is 0 Å². The van der Waals surface area contributed by atoms with Gasteiger partial charge in [0.2, 0.25) is 0 Å². The van der Waals surface area contributed by atoms with Gasteiger partial charge >= 0.3 is 0 Å². The van der Waals surface area contributed by atoms with Gasteiger partial charge in [0.15, 0.2) is 5.78 Å². The van der Waals surface area contributed by atoms with Crippen molar-refractivity contribution in [3.8, 4) is 0 Å². The minimum Gasteiger partial charge on any atom is -0.312 e. The molecule has 0 amide bonds. The summed E-state index contributed by atoms with van der Waals surface area (Å²) < 4.78 is 0. The molecule has 0 bridgehead atoms. The maximum atomic E-state index is 12.7. The lowest BCUT2D eigenvalue weighted by molar-refractivity contribution is 0.103. The van der Waals surface area contributed by atoms with Crippen LogP contribution in [-0.4, -0.2) is 17.3 Å². The molecule has 19 heavy (non-hydrogen) atoms. The maximum absolute atomic E-state index is 12.7. The number of rotatable bonds is 2. The molecule has 3 nitrogen and oxygen atoms in total. The number of carbonyl (C=O) groups is 1. The van der Waals surface area contributed by atoms with E-state index >= 15 is 0 Å². The van der Waals surface area contributed by atoms with E-state index in [0.717, 1.165) is 30.6 Å². The zero-order chi connectivity index (χ0) is 13.2. The van der Waals surface area contributed by atoms with Crippen LogP contribution in [-0.2, 0) is 13.0 Å². The molecule has 2 heterocycles. The number of hydrogen-bond acceptors (Lipinski definition) is 3. The molecule has 2 aromatic rings. The van der Waals surface area contributed by atoms with Crippen molar-refractivity contribution in [1.29, 1.82) is 0 Å². The molecule has 1 aromatic carbocycles. The summed E-state index contributed by atoms with van der Waals surface area (Å²) in [7, 11) is 0. The molecule has 0 atom stereocenters. The molecule has 3 rings (SSSR count). The first-order valence-corrected chi connectivity index (χ1v) is 6.54. The van der Waals surface area contributed by atoms with Crippen molar-refractivity contribution < 1.29 is 4.79 Å². The SMILES string of the molecule is Cc1ccncc1C(=O)c1cccc2c1CCNC2. The van der Waals surface area contributed by atoms with Crippen LogP contribution in [0, 0.1) is 6.92 Å². The Balaban J connectivity index is 2.08. The van der Waals surface area contributed by atoms with Crippen LogP contribution in [0.4, 0.5) is 0 Å². The number of nitrogens with zero attached hydrogens (tertiary/aromatic N) is 1. The van der Waals surface area contributed by atoms with Gasteiger partial charge in [-0.05, 0) is 42.6 Å². The molecule has 1 aliphatic heterocycles. The molecule has 0 saturated heterocycles. The summed E-state index contributed by atoms with van der Waals surface area (Å²) in [6.45, 7) is 3.73. The maximum Gasteiger partial charge on any atom is 0.195 e. The monoisotopic (exact) mass is 252 g/mol. The second-order valence-corrected chi connectivity index (χ2v) is 4.89. The summed E-state index contributed by atoms with van der Waals surface area (Å²) in [6.07, 6.45) is 4.30. The van der Waals surface area contributed by atoms with E-state index in [1.54, 1.807) is 12.4 Å². The van der Waals surface area contributed by atoms with E-state index in [0.29, 0.717) is 5.56 Å². The van der Waals surface area contributed by atoms with Crippen LogP contribution in [0.3, 0.4) is 0 Å². The molecule has 1 N–H and O–H groups in total. The predicted octanol–water partition coefficient (Wildman–Crippen LogP) is 2.27. The second-order valence-electron chi connectivity index (χ2n) is 4.89. The fraction of sp³-hybridized carbons (Fsp3) is 0.250. The summed E-state index contributed by atoms with van der Waals surface area (Å²) in [5.41, 5.74) is 4.93. The van der Waals surface area contributed by atoms with Crippen LogP contribution in [0.2, 0.25) is 0 Å². The second kappa shape index (κ2) is 4.94. The third-order valence-electron chi connectivity index (χ3n) is 3.67. The highest BCUT2D eigenvalue weighted by atomic mass is 16.1. The van der Waals surface area contributed by atoms with Gasteiger partial charge in [0, 0.05) is 30.1 Å². The number of aryl methyl sites for hydroxylation is 1.